The van der Waals surface area contributed by atoms with Gasteiger partial charge in [0, 0.05) is 11.1 Å². The van der Waals surface area contributed by atoms with Gasteiger partial charge in [0.1, 0.15) is 0 Å². The van der Waals surface area contributed by atoms with E-state index in [9.17, 15) is 4.79 Å². The first kappa shape index (κ1) is 11.7. The molecule has 4 nitrogen and oxygen atoms in total. The first-order chi connectivity index (χ1) is 7.00. The Morgan fingerprint density at radius 1 is 1.53 bits per heavy atom. The van der Waals surface area contributed by atoms with Gasteiger partial charge in [-0.2, -0.15) is 0 Å². The smallest absolute Gasteiger partial charge is 0.440 e. The Labute approximate surface area is 93.0 Å². The molecule has 1 rings (SSSR count). The molecular formula is C10H12ClNO3. The Bertz CT molecular complexity index is 354. The van der Waals surface area contributed by atoms with E-state index in [-0.39, 0.29) is 6.04 Å². The van der Waals surface area contributed by atoms with E-state index in [2.05, 4.69) is 0 Å². The number of rotatable bonds is 3. The molecule has 1 amide bonds. The average molecular weight is 230 g/mol. The highest BCUT2D eigenvalue weighted by Gasteiger charge is 2.17. The summed E-state index contributed by atoms with van der Waals surface area (Å²) in [6.45, 7) is 3.44. The molecule has 0 unspecified atom stereocenters. The largest absolute Gasteiger partial charge is 0.463 e. The van der Waals surface area contributed by atoms with Gasteiger partial charge in [-0.25, -0.2) is 4.79 Å². The Morgan fingerprint density at radius 2 is 2.20 bits per heavy atom. The van der Waals surface area contributed by atoms with Crippen molar-refractivity contribution in [2.24, 2.45) is 0 Å². The summed E-state index contributed by atoms with van der Waals surface area (Å²) in [5.74, 6) is 0.401. The topological polar surface area (TPSA) is 49.8 Å². The minimum Gasteiger partial charge on any atom is -0.463 e. The summed E-state index contributed by atoms with van der Waals surface area (Å²) in [7, 11) is 0. The molecule has 82 valence electrons. The molecule has 0 aliphatic heterocycles. The maximum absolute atomic E-state index is 10.8. The molecule has 0 bridgehead atoms. The van der Waals surface area contributed by atoms with E-state index >= 15 is 0 Å². The van der Waals surface area contributed by atoms with Crippen molar-refractivity contribution in [3.63, 3.8) is 0 Å². The zero-order valence-electron chi connectivity index (χ0n) is 8.48. The number of hydroxylamine groups is 2. The van der Waals surface area contributed by atoms with Crippen LogP contribution in [0.4, 0.5) is 4.79 Å². The predicted molar refractivity (Wildman–Crippen MR) is 57.1 cm³/mol. The number of amides is 1. The van der Waals surface area contributed by atoms with Crippen LogP contribution in [0.25, 0.3) is 0 Å². The first-order valence-corrected chi connectivity index (χ1v) is 4.84. The van der Waals surface area contributed by atoms with Crippen molar-refractivity contribution < 1.29 is 14.7 Å². The highest BCUT2D eigenvalue weighted by Crippen LogP contribution is 2.18. The second-order valence-corrected chi connectivity index (χ2v) is 3.69. The van der Waals surface area contributed by atoms with Crippen LogP contribution in [-0.4, -0.2) is 22.3 Å². The summed E-state index contributed by atoms with van der Waals surface area (Å²) in [4.78, 5) is 16.0. The van der Waals surface area contributed by atoms with Gasteiger partial charge in [0.2, 0.25) is 0 Å². The zero-order chi connectivity index (χ0) is 11.4. The lowest BCUT2D eigenvalue weighted by Crippen LogP contribution is -2.38. The number of nitrogens with zero attached hydrogens (tertiary/aromatic N) is 1. The fourth-order valence-corrected chi connectivity index (χ4v) is 1.18. The van der Waals surface area contributed by atoms with Gasteiger partial charge in [0.25, 0.3) is 0 Å². The predicted octanol–water partition coefficient (Wildman–Crippen LogP) is 3.02. The van der Waals surface area contributed by atoms with Crippen LogP contribution in [0.15, 0.2) is 24.3 Å². The number of hydrogen-bond donors (Lipinski definition) is 1. The number of carbonyl (C=O) groups is 1. The van der Waals surface area contributed by atoms with E-state index < -0.39 is 6.09 Å². The number of benzene rings is 1. The van der Waals surface area contributed by atoms with Crippen LogP contribution in [0, 0.1) is 0 Å². The van der Waals surface area contributed by atoms with Gasteiger partial charge < -0.3 is 9.94 Å². The van der Waals surface area contributed by atoms with Crippen LogP contribution >= 0.6 is 11.6 Å². The number of halogens is 1. The Morgan fingerprint density at radius 3 is 2.67 bits per heavy atom. The van der Waals surface area contributed by atoms with Gasteiger partial charge in [-0.15, -0.1) is 5.06 Å². The summed E-state index contributed by atoms with van der Waals surface area (Å²) in [5.41, 5.74) is 0. The normalized spacial score (nSPS) is 10.1. The van der Waals surface area contributed by atoms with Crippen molar-refractivity contribution in [2.75, 3.05) is 0 Å². The lowest BCUT2D eigenvalue weighted by molar-refractivity contribution is -0.0587. The summed E-state index contributed by atoms with van der Waals surface area (Å²) >= 11 is 5.74. The van der Waals surface area contributed by atoms with Gasteiger partial charge in [0.15, 0.2) is 5.75 Å². The van der Waals surface area contributed by atoms with Gasteiger partial charge in [-0.3, -0.25) is 0 Å². The second kappa shape index (κ2) is 4.89. The third-order valence-electron chi connectivity index (χ3n) is 1.66. The van der Waals surface area contributed by atoms with Crippen molar-refractivity contribution in [1.29, 1.82) is 0 Å². The third kappa shape index (κ3) is 3.32. The van der Waals surface area contributed by atoms with Crippen molar-refractivity contribution in [1.82, 2.24) is 5.06 Å². The molecule has 0 radical (unpaired) electrons. The van der Waals surface area contributed by atoms with Gasteiger partial charge in [0.05, 0.1) is 6.04 Å². The van der Waals surface area contributed by atoms with Crippen LogP contribution in [0.3, 0.4) is 0 Å². The van der Waals surface area contributed by atoms with E-state index in [0.29, 0.717) is 10.8 Å². The maximum atomic E-state index is 10.8. The average Bonchev–Trinajstić information content (AvgIpc) is 2.13. The molecule has 1 aromatic rings. The number of hydrogen-bond acceptors (Lipinski definition) is 2. The Hall–Kier alpha value is -1.42. The molecule has 5 heteroatoms. The van der Waals surface area contributed by atoms with Crippen LogP contribution in [-0.2, 0) is 0 Å². The molecule has 15 heavy (non-hydrogen) atoms. The molecule has 0 spiro atoms. The molecule has 0 aliphatic carbocycles. The standard InChI is InChI=1S/C10H12ClNO3/c1-7(2)12(10(13)14)15-9-5-3-4-8(11)6-9/h3-7H,1-2H3,(H,13,14). The van der Waals surface area contributed by atoms with Crippen molar-refractivity contribution in [2.45, 2.75) is 19.9 Å². The minimum absolute atomic E-state index is 0.263. The Kier molecular flexibility index (Phi) is 3.80. The van der Waals surface area contributed by atoms with E-state index in [1.807, 2.05) is 0 Å². The summed E-state index contributed by atoms with van der Waals surface area (Å²) in [6.07, 6.45) is -1.13. The van der Waals surface area contributed by atoms with Gasteiger partial charge >= 0.3 is 6.09 Å². The van der Waals surface area contributed by atoms with Crippen molar-refractivity contribution in [3.8, 4) is 5.75 Å². The van der Waals surface area contributed by atoms with Crippen molar-refractivity contribution >= 4 is 17.7 Å². The summed E-state index contributed by atoms with van der Waals surface area (Å²) < 4.78 is 0. The summed E-state index contributed by atoms with van der Waals surface area (Å²) in [5, 5.41) is 10.2. The number of carboxylic acid groups (broad SMARTS) is 1. The molecule has 0 atom stereocenters. The fraction of sp³-hybridized carbons (Fsp3) is 0.300. The molecule has 0 saturated heterocycles. The molecule has 1 aromatic carbocycles. The van der Waals surface area contributed by atoms with E-state index in [1.54, 1.807) is 38.1 Å². The quantitative estimate of drug-likeness (QED) is 0.811. The van der Waals surface area contributed by atoms with E-state index in [0.717, 1.165) is 5.06 Å². The third-order valence-corrected chi connectivity index (χ3v) is 1.89. The van der Waals surface area contributed by atoms with Crippen LogP contribution < -0.4 is 4.84 Å². The fourth-order valence-electron chi connectivity index (χ4n) is 1.00. The van der Waals surface area contributed by atoms with Crippen LogP contribution in [0.2, 0.25) is 5.02 Å². The Balaban J connectivity index is 2.79. The lowest BCUT2D eigenvalue weighted by Gasteiger charge is -2.22. The molecule has 0 saturated carbocycles. The highest BCUT2D eigenvalue weighted by atomic mass is 35.5. The van der Waals surface area contributed by atoms with Gasteiger partial charge in [-0.05, 0) is 26.0 Å². The van der Waals surface area contributed by atoms with E-state index in [1.165, 1.54) is 0 Å². The monoisotopic (exact) mass is 229 g/mol. The highest BCUT2D eigenvalue weighted by molar-refractivity contribution is 6.30. The first-order valence-electron chi connectivity index (χ1n) is 4.46. The molecule has 0 aliphatic rings. The molecule has 0 fully saturated rings. The second-order valence-electron chi connectivity index (χ2n) is 3.25. The molecular weight excluding hydrogens is 218 g/mol. The maximum Gasteiger partial charge on any atom is 0.440 e. The van der Waals surface area contributed by atoms with E-state index in [4.69, 9.17) is 21.5 Å². The van der Waals surface area contributed by atoms with Crippen LogP contribution in [0.5, 0.6) is 5.75 Å². The SMILES string of the molecule is CC(C)N(Oc1cccc(Cl)c1)C(=O)O. The molecule has 0 heterocycles. The zero-order valence-corrected chi connectivity index (χ0v) is 9.23. The summed E-state index contributed by atoms with van der Waals surface area (Å²) in [6, 6.07) is 6.32. The minimum atomic E-state index is -1.13. The van der Waals surface area contributed by atoms with Gasteiger partial charge in [-0.1, -0.05) is 17.7 Å². The molecule has 1 N–H and O–H groups in total. The lowest BCUT2D eigenvalue weighted by atomic mass is 10.3. The van der Waals surface area contributed by atoms with Crippen LogP contribution in [0.1, 0.15) is 13.8 Å². The molecule has 0 aromatic heterocycles. The van der Waals surface area contributed by atoms with Crippen molar-refractivity contribution in [3.05, 3.63) is 29.3 Å².